The Hall–Kier alpha value is -2.29. The highest BCUT2D eigenvalue weighted by Gasteiger charge is 2.16. The van der Waals surface area contributed by atoms with Gasteiger partial charge in [-0.05, 0) is 30.3 Å². The maximum Gasteiger partial charge on any atom is 0.141 e. The Morgan fingerprint density at radius 3 is 2.06 bits per heavy atom. The van der Waals surface area contributed by atoms with Crippen LogP contribution in [0.15, 0.2) is 70.5 Å². The SMILES string of the molecule is COCC(O)COc1cccc2c(OCC(O)COC)c(Sc3ccccc3)ccc12. The van der Waals surface area contributed by atoms with E-state index < -0.39 is 12.2 Å². The van der Waals surface area contributed by atoms with Gasteiger partial charge in [-0.1, -0.05) is 42.1 Å². The summed E-state index contributed by atoms with van der Waals surface area (Å²) in [5.74, 6) is 1.32. The molecule has 0 aliphatic rings. The molecule has 0 heterocycles. The first-order chi connectivity index (χ1) is 15.1. The third-order valence-corrected chi connectivity index (χ3v) is 5.53. The van der Waals surface area contributed by atoms with Crippen LogP contribution in [-0.2, 0) is 9.47 Å². The van der Waals surface area contributed by atoms with Crippen molar-refractivity contribution in [2.75, 3.05) is 40.6 Å². The molecule has 2 atom stereocenters. The van der Waals surface area contributed by atoms with Gasteiger partial charge in [0, 0.05) is 29.9 Å². The Labute approximate surface area is 186 Å². The van der Waals surface area contributed by atoms with Gasteiger partial charge in [0.25, 0.3) is 0 Å². The van der Waals surface area contributed by atoms with Gasteiger partial charge in [0.15, 0.2) is 0 Å². The van der Waals surface area contributed by atoms with E-state index in [4.69, 9.17) is 18.9 Å². The van der Waals surface area contributed by atoms with Gasteiger partial charge in [0.05, 0.1) is 18.1 Å². The largest absolute Gasteiger partial charge is 0.490 e. The Kier molecular flexibility index (Phi) is 8.99. The number of fused-ring (bicyclic) bond motifs is 1. The molecule has 0 aromatic heterocycles. The molecule has 0 aliphatic carbocycles. The molecule has 2 N–H and O–H groups in total. The number of ether oxygens (including phenoxy) is 4. The van der Waals surface area contributed by atoms with Crippen LogP contribution < -0.4 is 9.47 Å². The molecule has 3 rings (SSSR count). The van der Waals surface area contributed by atoms with Crippen LogP contribution in [0.2, 0.25) is 0 Å². The number of aliphatic hydroxyl groups is 2. The van der Waals surface area contributed by atoms with Gasteiger partial charge in [0.1, 0.15) is 36.9 Å². The molecule has 3 aromatic carbocycles. The summed E-state index contributed by atoms with van der Waals surface area (Å²) < 4.78 is 21.9. The summed E-state index contributed by atoms with van der Waals surface area (Å²) in [6.45, 7) is 0.620. The monoisotopic (exact) mass is 444 g/mol. The number of aliphatic hydroxyl groups excluding tert-OH is 2. The van der Waals surface area contributed by atoms with Crippen LogP contribution in [0, 0.1) is 0 Å². The highest BCUT2D eigenvalue weighted by Crippen LogP contribution is 2.42. The molecule has 0 saturated carbocycles. The van der Waals surface area contributed by atoms with Gasteiger partial charge in [-0.15, -0.1) is 0 Å². The fraction of sp³-hybridized carbons (Fsp3) is 0.333. The highest BCUT2D eigenvalue weighted by atomic mass is 32.2. The molecule has 7 heteroatoms. The lowest BCUT2D eigenvalue weighted by molar-refractivity contribution is 0.0321. The standard InChI is InChI=1S/C24H28O6S/c1-27-13-17(25)15-29-22-10-6-9-21-20(22)11-12-23(31-19-7-4-3-5-8-19)24(21)30-16-18(26)14-28-2/h3-12,17-18,25-26H,13-16H2,1-2H3. The lowest BCUT2D eigenvalue weighted by Gasteiger charge is -2.18. The first-order valence-electron chi connectivity index (χ1n) is 10.0. The fourth-order valence-corrected chi connectivity index (χ4v) is 4.04. The van der Waals surface area contributed by atoms with Crippen LogP contribution in [0.25, 0.3) is 10.8 Å². The van der Waals surface area contributed by atoms with Crippen LogP contribution in [0.3, 0.4) is 0 Å². The van der Waals surface area contributed by atoms with Crippen molar-refractivity contribution in [1.82, 2.24) is 0 Å². The third kappa shape index (κ3) is 6.59. The number of hydrogen-bond donors (Lipinski definition) is 2. The number of benzene rings is 3. The normalized spacial score (nSPS) is 13.2. The molecule has 0 bridgehead atoms. The Morgan fingerprint density at radius 1 is 0.710 bits per heavy atom. The number of hydrogen-bond acceptors (Lipinski definition) is 7. The van der Waals surface area contributed by atoms with Crippen LogP contribution in [0.5, 0.6) is 11.5 Å². The summed E-state index contributed by atoms with van der Waals surface area (Å²) in [7, 11) is 3.08. The summed E-state index contributed by atoms with van der Waals surface area (Å²) >= 11 is 1.59. The lowest BCUT2D eigenvalue weighted by atomic mass is 10.1. The topological polar surface area (TPSA) is 77.4 Å². The van der Waals surface area contributed by atoms with Gasteiger partial charge in [-0.2, -0.15) is 0 Å². The average molecular weight is 445 g/mol. The summed E-state index contributed by atoms with van der Waals surface area (Å²) in [5, 5.41) is 21.7. The maximum absolute atomic E-state index is 10.1. The molecule has 6 nitrogen and oxygen atoms in total. The van der Waals surface area contributed by atoms with Gasteiger partial charge in [-0.3, -0.25) is 0 Å². The van der Waals surface area contributed by atoms with E-state index in [1.54, 1.807) is 18.9 Å². The lowest BCUT2D eigenvalue weighted by Crippen LogP contribution is -2.23. The van der Waals surface area contributed by atoms with Crippen molar-refractivity contribution in [3.63, 3.8) is 0 Å². The van der Waals surface area contributed by atoms with E-state index in [2.05, 4.69) is 0 Å². The van der Waals surface area contributed by atoms with Gasteiger partial charge in [0.2, 0.25) is 0 Å². The number of rotatable bonds is 12. The highest BCUT2D eigenvalue weighted by molar-refractivity contribution is 7.99. The van der Waals surface area contributed by atoms with Crippen molar-refractivity contribution < 1.29 is 29.2 Å². The minimum atomic E-state index is -0.738. The van der Waals surface area contributed by atoms with E-state index in [-0.39, 0.29) is 26.4 Å². The summed E-state index contributed by atoms with van der Waals surface area (Å²) in [6, 6.07) is 19.7. The first kappa shape index (κ1) is 23.4. The molecule has 2 unspecified atom stereocenters. The molecule has 0 radical (unpaired) electrons. The zero-order chi connectivity index (χ0) is 22.1. The predicted octanol–water partition coefficient (Wildman–Crippen LogP) is 3.76. The molecule has 0 saturated heterocycles. The minimum absolute atomic E-state index is 0.104. The minimum Gasteiger partial charge on any atom is -0.490 e. The Bertz CT molecular complexity index is 949. The maximum atomic E-state index is 10.1. The molecular weight excluding hydrogens is 416 g/mol. The van der Waals surface area contributed by atoms with Crippen molar-refractivity contribution in [2.24, 2.45) is 0 Å². The van der Waals surface area contributed by atoms with Gasteiger partial charge < -0.3 is 29.2 Å². The second-order valence-corrected chi connectivity index (χ2v) is 8.11. The quantitative estimate of drug-likeness (QED) is 0.440. The molecule has 0 aliphatic heterocycles. The summed E-state index contributed by atoms with van der Waals surface area (Å²) in [5.41, 5.74) is 0. The van der Waals surface area contributed by atoms with E-state index in [9.17, 15) is 10.2 Å². The molecule has 31 heavy (non-hydrogen) atoms. The molecule has 0 spiro atoms. The van der Waals surface area contributed by atoms with E-state index in [1.807, 2.05) is 60.7 Å². The van der Waals surface area contributed by atoms with E-state index >= 15 is 0 Å². The van der Waals surface area contributed by atoms with E-state index in [1.165, 1.54) is 7.11 Å². The molecule has 0 fully saturated rings. The second-order valence-electron chi connectivity index (χ2n) is 7.00. The smallest absolute Gasteiger partial charge is 0.141 e. The zero-order valence-corrected chi connectivity index (χ0v) is 18.5. The summed E-state index contributed by atoms with van der Waals surface area (Å²) in [4.78, 5) is 2.01. The van der Waals surface area contributed by atoms with Crippen molar-refractivity contribution >= 4 is 22.5 Å². The van der Waals surface area contributed by atoms with Crippen LogP contribution in [0.1, 0.15) is 0 Å². The van der Waals surface area contributed by atoms with Crippen molar-refractivity contribution in [3.8, 4) is 11.5 Å². The molecule has 0 amide bonds. The van der Waals surface area contributed by atoms with Crippen molar-refractivity contribution in [2.45, 2.75) is 22.0 Å². The van der Waals surface area contributed by atoms with Crippen LogP contribution in [-0.4, -0.2) is 63.1 Å². The van der Waals surface area contributed by atoms with E-state index in [0.29, 0.717) is 11.5 Å². The Balaban J connectivity index is 1.93. The van der Waals surface area contributed by atoms with Crippen molar-refractivity contribution in [3.05, 3.63) is 60.7 Å². The Morgan fingerprint density at radius 2 is 1.39 bits per heavy atom. The van der Waals surface area contributed by atoms with Crippen molar-refractivity contribution in [1.29, 1.82) is 0 Å². The second kappa shape index (κ2) is 11.9. The summed E-state index contributed by atoms with van der Waals surface area (Å²) in [6.07, 6.45) is -1.45. The number of methoxy groups -OCH3 is 2. The van der Waals surface area contributed by atoms with Gasteiger partial charge in [-0.25, -0.2) is 0 Å². The molecule has 166 valence electrons. The molecule has 3 aromatic rings. The van der Waals surface area contributed by atoms with Gasteiger partial charge >= 0.3 is 0 Å². The first-order valence-corrected chi connectivity index (χ1v) is 10.8. The zero-order valence-electron chi connectivity index (χ0n) is 17.7. The van der Waals surface area contributed by atoms with Crippen LogP contribution in [0.4, 0.5) is 0 Å². The molecular formula is C24H28O6S. The average Bonchev–Trinajstić information content (AvgIpc) is 2.78. The van der Waals surface area contributed by atoms with E-state index in [0.717, 1.165) is 20.6 Å². The fourth-order valence-electron chi connectivity index (χ4n) is 3.10. The third-order valence-electron chi connectivity index (χ3n) is 4.48. The predicted molar refractivity (Wildman–Crippen MR) is 121 cm³/mol. The van der Waals surface area contributed by atoms with Crippen LogP contribution >= 0.6 is 11.8 Å².